The number of hydrogen-bond acceptors (Lipinski definition) is 4. The van der Waals surface area contributed by atoms with Crippen LogP contribution in [-0.2, 0) is 9.53 Å². The highest BCUT2D eigenvalue weighted by molar-refractivity contribution is 5.72. The Morgan fingerprint density at radius 1 is 1.29 bits per heavy atom. The average molecular weight is 242 g/mol. The van der Waals surface area contributed by atoms with Crippen LogP contribution in [0.25, 0.3) is 0 Å². The summed E-state index contributed by atoms with van der Waals surface area (Å²) < 4.78 is 5.27. The average Bonchev–Trinajstić information content (AvgIpc) is 2.14. The lowest BCUT2D eigenvalue weighted by Gasteiger charge is -2.39. The standard InChI is InChI=1S/C13H26N2O2/c1-10-7-6-8-11(2)15(10)14-9-12(16)17-13(3,4)5/h10-11,14H,6-9H2,1-5H3. The third kappa shape index (κ3) is 5.04. The lowest BCUT2D eigenvalue weighted by molar-refractivity contribution is -0.155. The van der Waals surface area contributed by atoms with Gasteiger partial charge in [-0.05, 0) is 47.5 Å². The van der Waals surface area contributed by atoms with Gasteiger partial charge in [0.2, 0.25) is 0 Å². The zero-order valence-electron chi connectivity index (χ0n) is 11.7. The fraction of sp³-hybridized carbons (Fsp3) is 0.923. The Kier molecular flexibility index (Phi) is 4.95. The summed E-state index contributed by atoms with van der Waals surface area (Å²) >= 11 is 0. The van der Waals surface area contributed by atoms with Gasteiger partial charge in [0.05, 0.1) is 0 Å². The van der Waals surface area contributed by atoms with Crippen molar-refractivity contribution in [2.75, 3.05) is 6.54 Å². The highest BCUT2D eigenvalue weighted by Crippen LogP contribution is 2.20. The van der Waals surface area contributed by atoms with Crippen LogP contribution in [0.15, 0.2) is 0 Å². The number of ether oxygens (including phenoxy) is 1. The van der Waals surface area contributed by atoms with Gasteiger partial charge in [-0.1, -0.05) is 6.42 Å². The second-order valence-corrected chi connectivity index (χ2v) is 5.96. The molecular formula is C13H26N2O2. The number of carbonyl (C=O) groups is 1. The maximum absolute atomic E-state index is 11.6. The number of nitrogens with zero attached hydrogens (tertiary/aromatic N) is 1. The minimum atomic E-state index is -0.405. The molecule has 1 heterocycles. The third-order valence-electron chi connectivity index (χ3n) is 3.02. The van der Waals surface area contributed by atoms with Crippen molar-refractivity contribution in [3.8, 4) is 0 Å². The quantitative estimate of drug-likeness (QED) is 0.770. The van der Waals surface area contributed by atoms with Gasteiger partial charge < -0.3 is 4.74 Å². The minimum Gasteiger partial charge on any atom is -0.459 e. The molecule has 1 aliphatic rings. The van der Waals surface area contributed by atoms with Crippen LogP contribution in [-0.4, -0.2) is 35.2 Å². The van der Waals surface area contributed by atoms with Gasteiger partial charge in [-0.3, -0.25) is 4.79 Å². The van der Waals surface area contributed by atoms with Crippen LogP contribution in [0, 0.1) is 0 Å². The van der Waals surface area contributed by atoms with Crippen LogP contribution in [0.3, 0.4) is 0 Å². The summed E-state index contributed by atoms with van der Waals surface area (Å²) in [4.78, 5) is 11.6. The van der Waals surface area contributed by atoms with Crippen LogP contribution in [0.2, 0.25) is 0 Å². The first kappa shape index (κ1) is 14.5. The van der Waals surface area contributed by atoms with Crippen molar-refractivity contribution in [2.24, 2.45) is 0 Å². The van der Waals surface area contributed by atoms with E-state index in [-0.39, 0.29) is 12.5 Å². The second kappa shape index (κ2) is 5.83. The Bertz CT molecular complexity index is 251. The molecule has 4 nitrogen and oxygen atoms in total. The smallest absolute Gasteiger partial charge is 0.321 e. The first-order valence-electron chi connectivity index (χ1n) is 6.53. The van der Waals surface area contributed by atoms with Crippen molar-refractivity contribution in [1.29, 1.82) is 0 Å². The van der Waals surface area contributed by atoms with Crippen molar-refractivity contribution >= 4 is 5.97 Å². The Morgan fingerprint density at radius 3 is 2.29 bits per heavy atom. The van der Waals surface area contributed by atoms with Gasteiger partial charge in [-0.15, -0.1) is 0 Å². The van der Waals surface area contributed by atoms with Gasteiger partial charge in [0.15, 0.2) is 0 Å². The summed E-state index contributed by atoms with van der Waals surface area (Å²) in [6.07, 6.45) is 3.64. The van der Waals surface area contributed by atoms with E-state index in [1.807, 2.05) is 20.8 Å². The molecule has 2 unspecified atom stereocenters. The molecule has 1 rings (SSSR count). The number of carbonyl (C=O) groups excluding carboxylic acids is 1. The van der Waals surface area contributed by atoms with E-state index in [1.165, 1.54) is 19.3 Å². The Hall–Kier alpha value is -0.610. The molecule has 0 aromatic heterocycles. The fourth-order valence-electron chi connectivity index (χ4n) is 2.27. The van der Waals surface area contributed by atoms with E-state index in [2.05, 4.69) is 24.3 Å². The number of esters is 1. The first-order chi connectivity index (χ1) is 7.79. The van der Waals surface area contributed by atoms with Crippen molar-refractivity contribution in [3.63, 3.8) is 0 Å². The van der Waals surface area contributed by atoms with Crippen LogP contribution >= 0.6 is 0 Å². The maximum atomic E-state index is 11.6. The zero-order valence-corrected chi connectivity index (χ0v) is 11.7. The van der Waals surface area contributed by atoms with E-state index in [4.69, 9.17) is 4.74 Å². The van der Waals surface area contributed by atoms with E-state index >= 15 is 0 Å². The molecule has 0 bridgehead atoms. The fourth-order valence-corrected chi connectivity index (χ4v) is 2.27. The van der Waals surface area contributed by atoms with E-state index in [0.29, 0.717) is 12.1 Å². The largest absolute Gasteiger partial charge is 0.459 e. The summed E-state index contributed by atoms with van der Waals surface area (Å²) in [6.45, 7) is 10.3. The number of hydrazine groups is 1. The summed E-state index contributed by atoms with van der Waals surface area (Å²) in [7, 11) is 0. The highest BCUT2D eigenvalue weighted by Gasteiger charge is 2.25. The summed E-state index contributed by atoms with van der Waals surface area (Å²) in [5.74, 6) is -0.192. The number of rotatable bonds is 3. The lowest BCUT2D eigenvalue weighted by Crippen LogP contribution is -2.53. The van der Waals surface area contributed by atoms with Crippen LogP contribution in [0.1, 0.15) is 53.9 Å². The van der Waals surface area contributed by atoms with Gasteiger partial charge in [0, 0.05) is 12.1 Å². The predicted molar refractivity (Wildman–Crippen MR) is 68.5 cm³/mol. The van der Waals surface area contributed by atoms with E-state index in [9.17, 15) is 4.79 Å². The lowest BCUT2D eigenvalue weighted by atomic mass is 10.00. The van der Waals surface area contributed by atoms with Crippen molar-refractivity contribution < 1.29 is 9.53 Å². The monoisotopic (exact) mass is 242 g/mol. The molecule has 2 atom stereocenters. The summed E-state index contributed by atoms with van der Waals surface area (Å²) in [5, 5.41) is 2.19. The Balaban J connectivity index is 2.36. The molecule has 4 heteroatoms. The molecule has 17 heavy (non-hydrogen) atoms. The molecule has 0 radical (unpaired) electrons. The van der Waals surface area contributed by atoms with Gasteiger partial charge in [-0.25, -0.2) is 10.4 Å². The minimum absolute atomic E-state index is 0.192. The van der Waals surface area contributed by atoms with E-state index in [0.717, 1.165) is 0 Å². The predicted octanol–water partition coefficient (Wildman–Crippen LogP) is 2.10. The van der Waals surface area contributed by atoms with Crippen molar-refractivity contribution in [2.45, 2.75) is 71.6 Å². The molecule has 0 amide bonds. The van der Waals surface area contributed by atoms with Gasteiger partial charge in [0.25, 0.3) is 0 Å². The molecule has 1 saturated heterocycles. The molecule has 1 fully saturated rings. The number of hydrogen-bond donors (Lipinski definition) is 1. The molecule has 100 valence electrons. The summed E-state index contributed by atoms with van der Waals surface area (Å²) in [6, 6.07) is 0.974. The molecule has 0 aromatic rings. The highest BCUT2D eigenvalue weighted by atomic mass is 16.6. The maximum Gasteiger partial charge on any atom is 0.321 e. The Labute approximate surface area is 105 Å². The molecule has 0 aromatic carbocycles. The molecular weight excluding hydrogens is 216 g/mol. The first-order valence-corrected chi connectivity index (χ1v) is 6.53. The van der Waals surface area contributed by atoms with Crippen LogP contribution in [0.4, 0.5) is 0 Å². The van der Waals surface area contributed by atoms with Crippen molar-refractivity contribution in [1.82, 2.24) is 10.4 Å². The molecule has 1 aliphatic heterocycles. The van der Waals surface area contributed by atoms with Crippen molar-refractivity contribution in [3.05, 3.63) is 0 Å². The van der Waals surface area contributed by atoms with E-state index in [1.54, 1.807) is 0 Å². The molecule has 0 spiro atoms. The molecule has 0 saturated carbocycles. The van der Waals surface area contributed by atoms with Gasteiger partial charge >= 0.3 is 5.97 Å². The number of piperidine rings is 1. The summed E-state index contributed by atoms with van der Waals surface area (Å²) in [5.41, 5.74) is 2.80. The zero-order chi connectivity index (χ0) is 13.1. The molecule has 1 N–H and O–H groups in total. The van der Waals surface area contributed by atoms with Gasteiger partial charge in [-0.2, -0.15) is 0 Å². The van der Waals surface area contributed by atoms with Crippen LogP contribution < -0.4 is 5.43 Å². The topological polar surface area (TPSA) is 41.6 Å². The number of nitrogens with one attached hydrogen (secondary N) is 1. The SMILES string of the molecule is CC1CCCC(C)N1NCC(=O)OC(C)(C)C. The van der Waals surface area contributed by atoms with E-state index < -0.39 is 5.60 Å². The Morgan fingerprint density at radius 2 is 1.82 bits per heavy atom. The van der Waals surface area contributed by atoms with Crippen LogP contribution in [0.5, 0.6) is 0 Å². The molecule has 0 aliphatic carbocycles. The third-order valence-corrected chi connectivity index (χ3v) is 3.02. The van der Waals surface area contributed by atoms with Gasteiger partial charge in [0.1, 0.15) is 12.1 Å². The second-order valence-electron chi connectivity index (χ2n) is 5.96. The normalized spacial score (nSPS) is 26.9.